The van der Waals surface area contributed by atoms with Crippen molar-refractivity contribution >= 4 is 11.8 Å². The molecule has 1 atom stereocenters. The third-order valence-corrected chi connectivity index (χ3v) is 2.93. The maximum atomic E-state index is 12.0. The van der Waals surface area contributed by atoms with Crippen molar-refractivity contribution in [3.63, 3.8) is 0 Å². The maximum Gasteiger partial charge on any atom is 0.287 e. The molecule has 3 N–H and O–H groups in total. The van der Waals surface area contributed by atoms with Gasteiger partial charge in [-0.25, -0.2) is 0 Å². The van der Waals surface area contributed by atoms with Crippen molar-refractivity contribution in [1.29, 1.82) is 0 Å². The van der Waals surface area contributed by atoms with Gasteiger partial charge < -0.3 is 15.5 Å². The fourth-order valence-electron chi connectivity index (χ4n) is 1.84. The standard InChI is InChI=1S/C15H16N2O3/c1-9-3-6-11(7-4-9)13(14(16)18)17-15(19)12-8-5-10(2)20-12/h3-8,13H,1-2H3,(H2,16,18)(H,17,19). The van der Waals surface area contributed by atoms with Crippen LogP contribution in [0.15, 0.2) is 40.8 Å². The molecule has 2 aromatic rings. The van der Waals surface area contributed by atoms with E-state index in [-0.39, 0.29) is 5.76 Å². The zero-order chi connectivity index (χ0) is 14.7. The summed E-state index contributed by atoms with van der Waals surface area (Å²) in [7, 11) is 0. The highest BCUT2D eigenvalue weighted by atomic mass is 16.3. The molecule has 104 valence electrons. The molecule has 1 unspecified atom stereocenters. The fraction of sp³-hybridized carbons (Fsp3) is 0.200. The van der Waals surface area contributed by atoms with Crippen LogP contribution in [-0.2, 0) is 4.79 Å². The van der Waals surface area contributed by atoms with Crippen LogP contribution < -0.4 is 11.1 Å². The Kier molecular flexibility index (Phi) is 3.89. The predicted molar refractivity (Wildman–Crippen MR) is 74.0 cm³/mol. The molecular formula is C15H16N2O3. The molecule has 0 bridgehead atoms. The first-order valence-corrected chi connectivity index (χ1v) is 6.20. The highest BCUT2D eigenvalue weighted by molar-refractivity contribution is 5.95. The molecule has 5 nitrogen and oxygen atoms in total. The summed E-state index contributed by atoms with van der Waals surface area (Å²) in [5, 5.41) is 2.57. The average molecular weight is 272 g/mol. The quantitative estimate of drug-likeness (QED) is 0.890. The lowest BCUT2D eigenvalue weighted by molar-refractivity contribution is -0.120. The molecule has 5 heteroatoms. The molecule has 1 aromatic carbocycles. The molecule has 0 aliphatic heterocycles. The highest BCUT2D eigenvalue weighted by Gasteiger charge is 2.22. The zero-order valence-electron chi connectivity index (χ0n) is 11.3. The number of aryl methyl sites for hydroxylation is 2. The van der Waals surface area contributed by atoms with Crippen molar-refractivity contribution in [2.75, 3.05) is 0 Å². The van der Waals surface area contributed by atoms with Crippen LogP contribution in [0.4, 0.5) is 0 Å². The summed E-state index contributed by atoms with van der Waals surface area (Å²) in [6, 6.07) is 9.59. The van der Waals surface area contributed by atoms with Crippen LogP contribution in [0.2, 0.25) is 0 Å². The SMILES string of the molecule is Cc1ccc(C(NC(=O)c2ccc(C)o2)C(N)=O)cc1. The number of hydrogen-bond donors (Lipinski definition) is 2. The van der Waals surface area contributed by atoms with Gasteiger partial charge in [0.1, 0.15) is 11.8 Å². The summed E-state index contributed by atoms with van der Waals surface area (Å²) in [4.78, 5) is 23.5. The number of furan rings is 1. The molecule has 0 aliphatic rings. The van der Waals surface area contributed by atoms with Gasteiger partial charge in [0.15, 0.2) is 5.76 Å². The minimum atomic E-state index is -0.881. The molecule has 2 rings (SSSR count). The molecule has 0 saturated carbocycles. The topological polar surface area (TPSA) is 85.3 Å². The summed E-state index contributed by atoms with van der Waals surface area (Å²) >= 11 is 0. The van der Waals surface area contributed by atoms with E-state index in [0.717, 1.165) is 5.56 Å². The average Bonchev–Trinajstić information content (AvgIpc) is 2.83. The molecule has 0 fully saturated rings. The van der Waals surface area contributed by atoms with E-state index in [1.807, 2.05) is 19.1 Å². The van der Waals surface area contributed by atoms with E-state index in [9.17, 15) is 9.59 Å². The van der Waals surface area contributed by atoms with E-state index in [2.05, 4.69) is 5.32 Å². The van der Waals surface area contributed by atoms with Crippen LogP contribution in [0, 0.1) is 13.8 Å². The molecule has 0 radical (unpaired) electrons. The van der Waals surface area contributed by atoms with Crippen LogP contribution in [0.25, 0.3) is 0 Å². The van der Waals surface area contributed by atoms with E-state index in [1.165, 1.54) is 0 Å². The van der Waals surface area contributed by atoms with E-state index in [4.69, 9.17) is 10.2 Å². The first kappa shape index (κ1) is 13.9. The Balaban J connectivity index is 2.20. The van der Waals surface area contributed by atoms with Gasteiger partial charge in [-0.2, -0.15) is 0 Å². The Morgan fingerprint density at radius 1 is 1.10 bits per heavy atom. The number of nitrogens with one attached hydrogen (secondary N) is 1. The number of carbonyl (C=O) groups is 2. The normalized spacial score (nSPS) is 11.9. The van der Waals surface area contributed by atoms with E-state index in [0.29, 0.717) is 11.3 Å². The third kappa shape index (κ3) is 3.06. The number of rotatable bonds is 4. The molecule has 0 saturated heterocycles. The lowest BCUT2D eigenvalue weighted by atomic mass is 10.0. The van der Waals surface area contributed by atoms with Crippen LogP contribution in [0.3, 0.4) is 0 Å². The van der Waals surface area contributed by atoms with E-state index in [1.54, 1.807) is 31.2 Å². The van der Waals surface area contributed by atoms with Crippen molar-refractivity contribution in [1.82, 2.24) is 5.32 Å². The van der Waals surface area contributed by atoms with Gasteiger partial charge in [-0.3, -0.25) is 9.59 Å². The van der Waals surface area contributed by atoms with E-state index >= 15 is 0 Å². The van der Waals surface area contributed by atoms with Crippen LogP contribution in [-0.4, -0.2) is 11.8 Å². The lowest BCUT2D eigenvalue weighted by Gasteiger charge is -2.15. The Hall–Kier alpha value is -2.56. The first-order chi connectivity index (χ1) is 9.47. The Morgan fingerprint density at radius 3 is 2.25 bits per heavy atom. The summed E-state index contributed by atoms with van der Waals surface area (Å²) in [6.07, 6.45) is 0. The summed E-state index contributed by atoms with van der Waals surface area (Å²) < 4.78 is 5.22. The maximum absolute atomic E-state index is 12.0. The molecular weight excluding hydrogens is 256 g/mol. The van der Waals surface area contributed by atoms with Gasteiger partial charge in [-0.1, -0.05) is 29.8 Å². The van der Waals surface area contributed by atoms with Gasteiger partial charge in [0.05, 0.1) is 0 Å². The van der Waals surface area contributed by atoms with Crippen LogP contribution in [0.1, 0.15) is 33.5 Å². The monoisotopic (exact) mass is 272 g/mol. The molecule has 20 heavy (non-hydrogen) atoms. The second kappa shape index (κ2) is 5.61. The van der Waals surface area contributed by atoms with Gasteiger partial charge in [0.25, 0.3) is 5.91 Å². The minimum absolute atomic E-state index is 0.154. The Bertz CT molecular complexity index is 629. The number of hydrogen-bond acceptors (Lipinski definition) is 3. The largest absolute Gasteiger partial charge is 0.456 e. The molecule has 2 amide bonds. The van der Waals surface area contributed by atoms with Gasteiger partial charge in [-0.15, -0.1) is 0 Å². The number of nitrogens with two attached hydrogens (primary N) is 1. The summed E-state index contributed by atoms with van der Waals surface area (Å²) in [6.45, 7) is 3.68. The predicted octanol–water partition coefficient (Wildman–Crippen LogP) is 1.85. The molecule has 0 spiro atoms. The number of amides is 2. The minimum Gasteiger partial charge on any atom is -0.456 e. The van der Waals surface area contributed by atoms with Crippen molar-refractivity contribution in [3.8, 4) is 0 Å². The Morgan fingerprint density at radius 2 is 1.75 bits per heavy atom. The van der Waals surface area contributed by atoms with Gasteiger partial charge in [0, 0.05) is 0 Å². The van der Waals surface area contributed by atoms with Crippen LogP contribution >= 0.6 is 0 Å². The van der Waals surface area contributed by atoms with E-state index < -0.39 is 17.9 Å². The van der Waals surface area contributed by atoms with Crippen molar-refractivity contribution in [2.24, 2.45) is 5.73 Å². The van der Waals surface area contributed by atoms with Gasteiger partial charge in [0.2, 0.25) is 5.91 Å². The second-order valence-corrected chi connectivity index (χ2v) is 4.63. The van der Waals surface area contributed by atoms with Gasteiger partial charge in [-0.05, 0) is 31.5 Å². The Labute approximate surface area is 116 Å². The first-order valence-electron chi connectivity index (χ1n) is 6.20. The summed E-state index contributed by atoms with van der Waals surface area (Å²) in [5.41, 5.74) is 7.05. The van der Waals surface area contributed by atoms with Crippen molar-refractivity contribution in [3.05, 3.63) is 59.0 Å². The zero-order valence-corrected chi connectivity index (χ0v) is 11.3. The van der Waals surface area contributed by atoms with Gasteiger partial charge >= 0.3 is 0 Å². The highest BCUT2D eigenvalue weighted by Crippen LogP contribution is 2.15. The lowest BCUT2D eigenvalue weighted by Crippen LogP contribution is -2.37. The summed E-state index contributed by atoms with van der Waals surface area (Å²) in [5.74, 6) is -0.310. The number of carbonyl (C=O) groups excluding carboxylic acids is 2. The second-order valence-electron chi connectivity index (χ2n) is 4.63. The van der Waals surface area contributed by atoms with Crippen molar-refractivity contribution < 1.29 is 14.0 Å². The molecule has 1 heterocycles. The number of benzene rings is 1. The fourth-order valence-corrected chi connectivity index (χ4v) is 1.84. The number of primary amides is 1. The molecule has 1 aromatic heterocycles. The van der Waals surface area contributed by atoms with Crippen LogP contribution in [0.5, 0.6) is 0 Å². The van der Waals surface area contributed by atoms with Crippen molar-refractivity contribution in [2.45, 2.75) is 19.9 Å². The smallest absolute Gasteiger partial charge is 0.287 e. The molecule has 0 aliphatic carbocycles. The third-order valence-electron chi connectivity index (χ3n) is 2.93.